The summed E-state index contributed by atoms with van der Waals surface area (Å²) in [6, 6.07) is 11.1. The molecule has 1 aliphatic heterocycles. The molecule has 0 saturated carbocycles. The number of hydrogen-bond donors (Lipinski definition) is 2. The Morgan fingerprint density at radius 3 is 2.59 bits per heavy atom. The summed E-state index contributed by atoms with van der Waals surface area (Å²) < 4.78 is 1.66. The first-order valence-electron chi connectivity index (χ1n) is 11.5. The van der Waals surface area contributed by atoms with Gasteiger partial charge in [0.2, 0.25) is 0 Å². The Kier molecular flexibility index (Phi) is 7.22. The number of aryl methyl sites for hydroxylation is 1. The van der Waals surface area contributed by atoms with Crippen molar-refractivity contribution in [2.24, 2.45) is 5.92 Å². The molecular weight excluding hydrogens is 466 g/mol. The topological polar surface area (TPSA) is 81.1 Å². The molecule has 4 rings (SSSR count). The predicted octanol–water partition coefficient (Wildman–Crippen LogP) is 6.15. The number of allylic oxidation sites excluding steroid dienone is 2. The van der Waals surface area contributed by atoms with Crippen molar-refractivity contribution < 1.29 is 5.11 Å². The lowest BCUT2D eigenvalue weighted by Crippen LogP contribution is -2.24. The number of aliphatic hydroxyl groups is 1. The van der Waals surface area contributed by atoms with Crippen LogP contribution in [-0.2, 0) is 6.54 Å². The van der Waals surface area contributed by atoms with Crippen LogP contribution in [0.3, 0.4) is 0 Å². The third kappa shape index (κ3) is 4.95. The van der Waals surface area contributed by atoms with Crippen molar-refractivity contribution in [1.82, 2.24) is 9.55 Å². The van der Waals surface area contributed by atoms with Crippen LogP contribution in [0.1, 0.15) is 50.6 Å². The lowest BCUT2D eigenvalue weighted by molar-refractivity contribution is 0.168. The number of nitrogens with two attached hydrogens (primary N) is 1. The molecule has 0 aliphatic carbocycles. The second kappa shape index (κ2) is 9.98. The number of rotatable bonds is 5. The second-order valence-electron chi connectivity index (χ2n) is 9.18. The molecular formula is C27H30ClN3O2S. The smallest absolute Gasteiger partial charge is 0.261 e. The minimum Gasteiger partial charge on any atom is -0.398 e. The minimum atomic E-state index is -0.520. The van der Waals surface area contributed by atoms with Crippen molar-refractivity contribution in [2.75, 3.05) is 5.73 Å². The van der Waals surface area contributed by atoms with Crippen LogP contribution in [-0.4, -0.2) is 20.8 Å². The summed E-state index contributed by atoms with van der Waals surface area (Å²) >= 11 is 7.57. The summed E-state index contributed by atoms with van der Waals surface area (Å²) in [5, 5.41) is 11.9. The molecule has 34 heavy (non-hydrogen) atoms. The molecule has 0 fully saturated rings. The van der Waals surface area contributed by atoms with Crippen LogP contribution < -0.4 is 11.3 Å². The summed E-state index contributed by atoms with van der Waals surface area (Å²) in [5.74, 6) is 0.758. The molecule has 3 N–H and O–H groups in total. The zero-order valence-corrected chi connectivity index (χ0v) is 21.5. The Labute approximate surface area is 209 Å². The van der Waals surface area contributed by atoms with E-state index in [0.717, 1.165) is 33.8 Å². The highest BCUT2D eigenvalue weighted by atomic mass is 35.5. The average molecular weight is 496 g/mol. The number of aliphatic hydroxyl groups excluding tert-OH is 1. The Hall–Kier alpha value is -2.54. The first kappa shape index (κ1) is 24.6. The summed E-state index contributed by atoms with van der Waals surface area (Å²) in [6.45, 7) is 8.39. The van der Waals surface area contributed by atoms with E-state index in [9.17, 15) is 9.90 Å². The van der Waals surface area contributed by atoms with Crippen LogP contribution in [0.15, 0.2) is 57.7 Å². The van der Waals surface area contributed by atoms with E-state index in [1.807, 2.05) is 51.1 Å². The van der Waals surface area contributed by atoms with Gasteiger partial charge in [-0.1, -0.05) is 61.0 Å². The van der Waals surface area contributed by atoms with Crippen molar-refractivity contribution >= 4 is 44.9 Å². The second-order valence-corrected chi connectivity index (χ2v) is 10.7. The van der Waals surface area contributed by atoms with Crippen LogP contribution in [0.25, 0.3) is 15.8 Å². The first-order valence-corrected chi connectivity index (χ1v) is 12.7. The molecule has 2 aromatic carbocycles. The van der Waals surface area contributed by atoms with Gasteiger partial charge < -0.3 is 10.8 Å². The summed E-state index contributed by atoms with van der Waals surface area (Å²) in [5.41, 5.74) is 10.6. The summed E-state index contributed by atoms with van der Waals surface area (Å²) in [7, 11) is 0. The van der Waals surface area contributed by atoms with Gasteiger partial charge >= 0.3 is 0 Å². The van der Waals surface area contributed by atoms with Gasteiger partial charge in [-0.2, -0.15) is 0 Å². The molecule has 0 bridgehead atoms. The standard InChI is InChI=1S/C27H30ClN3O2S/c1-15(2)25(32)24-7-5-6-16(3)26(34-24)20-13-23-21(12-22(20)29)27(33)31(17(4)30-23)14-18-8-10-19(28)11-9-18/h7-13,15,25,32H,5-6,14,29H2,1-4H3. The number of benzene rings is 2. The maximum Gasteiger partial charge on any atom is 0.261 e. The van der Waals surface area contributed by atoms with Gasteiger partial charge in [0.1, 0.15) is 5.82 Å². The van der Waals surface area contributed by atoms with Gasteiger partial charge in [0.25, 0.3) is 5.56 Å². The fourth-order valence-electron chi connectivity index (χ4n) is 4.14. The van der Waals surface area contributed by atoms with Crippen molar-refractivity contribution in [3.8, 4) is 0 Å². The Balaban J connectivity index is 1.77. The van der Waals surface area contributed by atoms with Gasteiger partial charge in [-0.25, -0.2) is 4.98 Å². The Morgan fingerprint density at radius 2 is 1.91 bits per heavy atom. The van der Waals surface area contributed by atoms with Gasteiger partial charge in [-0.15, -0.1) is 0 Å². The molecule has 0 saturated heterocycles. The lowest BCUT2D eigenvalue weighted by Gasteiger charge is -2.20. The quantitative estimate of drug-likeness (QED) is 0.415. The average Bonchev–Trinajstić information content (AvgIpc) is 2.99. The monoisotopic (exact) mass is 495 g/mol. The maximum absolute atomic E-state index is 13.4. The van der Waals surface area contributed by atoms with E-state index in [1.54, 1.807) is 22.4 Å². The van der Waals surface area contributed by atoms with Gasteiger partial charge in [-0.3, -0.25) is 9.36 Å². The molecule has 0 radical (unpaired) electrons. The van der Waals surface area contributed by atoms with Crippen molar-refractivity contribution in [1.29, 1.82) is 0 Å². The predicted molar refractivity (Wildman–Crippen MR) is 144 cm³/mol. The molecule has 1 aromatic heterocycles. The van der Waals surface area contributed by atoms with Gasteiger partial charge in [-0.05, 0) is 62.4 Å². The van der Waals surface area contributed by atoms with Crippen LogP contribution in [0.2, 0.25) is 5.02 Å². The van der Waals surface area contributed by atoms with Crippen molar-refractivity contribution in [2.45, 2.75) is 53.2 Å². The molecule has 1 unspecified atom stereocenters. The van der Waals surface area contributed by atoms with E-state index >= 15 is 0 Å². The minimum absolute atomic E-state index is 0.120. The van der Waals surface area contributed by atoms with Crippen LogP contribution in [0.4, 0.5) is 5.69 Å². The molecule has 0 spiro atoms. The van der Waals surface area contributed by atoms with E-state index in [1.165, 1.54) is 5.57 Å². The van der Waals surface area contributed by atoms with Crippen LogP contribution in [0, 0.1) is 12.8 Å². The van der Waals surface area contributed by atoms with Crippen molar-refractivity contribution in [3.05, 3.63) is 85.3 Å². The highest BCUT2D eigenvalue weighted by Gasteiger charge is 2.23. The SMILES string of the molecule is CC1=C(c2cc3nc(C)n(Cc4ccc(Cl)cc4)c(=O)c3cc2N)SC(C(O)C(C)C)=CCC1. The molecule has 1 atom stereocenters. The fourth-order valence-corrected chi connectivity index (χ4v) is 5.66. The number of hydrogen-bond acceptors (Lipinski definition) is 5. The fraction of sp³-hybridized carbons (Fsp3) is 0.333. The third-order valence-corrected chi connectivity index (χ3v) is 7.88. The highest BCUT2D eigenvalue weighted by Crippen LogP contribution is 2.44. The molecule has 1 aliphatic rings. The Morgan fingerprint density at radius 1 is 1.21 bits per heavy atom. The van der Waals surface area contributed by atoms with Gasteiger partial charge in [0.05, 0.1) is 23.6 Å². The van der Waals surface area contributed by atoms with E-state index < -0.39 is 6.10 Å². The molecule has 3 aromatic rings. The molecule has 7 heteroatoms. The number of nitrogens with zero attached hydrogens (tertiary/aromatic N) is 2. The largest absolute Gasteiger partial charge is 0.398 e. The van der Waals surface area contributed by atoms with Gasteiger partial charge in [0.15, 0.2) is 0 Å². The zero-order valence-electron chi connectivity index (χ0n) is 19.9. The number of aromatic nitrogens is 2. The zero-order chi connectivity index (χ0) is 24.6. The molecule has 178 valence electrons. The first-order chi connectivity index (χ1) is 16.2. The number of anilines is 1. The normalized spacial score (nSPS) is 15.6. The number of thioether (sulfide) groups is 1. The van der Waals surface area contributed by atoms with E-state index in [4.69, 9.17) is 22.3 Å². The molecule has 5 nitrogen and oxygen atoms in total. The van der Waals surface area contributed by atoms with Gasteiger partial charge in [0, 0.05) is 26.1 Å². The van der Waals surface area contributed by atoms with E-state index in [0.29, 0.717) is 34.0 Å². The number of halogens is 1. The van der Waals surface area contributed by atoms with Crippen molar-refractivity contribution in [3.63, 3.8) is 0 Å². The summed E-state index contributed by atoms with van der Waals surface area (Å²) in [4.78, 5) is 20.1. The maximum atomic E-state index is 13.4. The third-order valence-electron chi connectivity index (χ3n) is 6.21. The van der Waals surface area contributed by atoms with Crippen LogP contribution in [0.5, 0.6) is 0 Å². The number of nitrogen functional groups attached to an aromatic ring is 1. The lowest BCUT2D eigenvalue weighted by atomic mass is 10.0. The highest BCUT2D eigenvalue weighted by molar-refractivity contribution is 8.11. The Bertz CT molecular complexity index is 1360. The van der Waals surface area contributed by atoms with E-state index in [-0.39, 0.29) is 11.5 Å². The van der Waals surface area contributed by atoms with E-state index in [2.05, 4.69) is 13.0 Å². The summed E-state index contributed by atoms with van der Waals surface area (Å²) in [6.07, 6.45) is 3.37. The number of fused-ring (bicyclic) bond motifs is 1. The molecule has 0 amide bonds. The molecule has 2 heterocycles. The van der Waals surface area contributed by atoms with Crippen LogP contribution >= 0.6 is 23.4 Å².